The number of aromatic nitrogens is 1. The molecule has 1 aromatic heterocycles. The number of methoxy groups -OCH3 is 2. The van der Waals surface area contributed by atoms with Crippen molar-refractivity contribution in [1.29, 1.82) is 0 Å². The molecule has 3 rings (SSSR count). The number of nitrogens with zero attached hydrogens (tertiary/aromatic N) is 3. The minimum absolute atomic E-state index is 0.127. The number of rotatable bonds is 9. The summed E-state index contributed by atoms with van der Waals surface area (Å²) in [5, 5.41) is 16.5. The highest BCUT2D eigenvalue weighted by molar-refractivity contribution is 7.13. The quantitative estimate of drug-likeness (QED) is 0.350. The third-order valence-electron chi connectivity index (χ3n) is 4.73. The van der Waals surface area contributed by atoms with Gasteiger partial charge in [0.1, 0.15) is 18.2 Å². The molecule has 2 heterocycles. The molecule has 0 bridgehead atoms. The van der Waals surface area contributed by atoms with Gasteiger partial charge < -0.3 is 24.4 Å². The summed E-state index contributed by atoms with van der Waals surface area (Å²) in [4.78, 5) is 42.3. The summed E-state index contributed by atoms with van der Waals surface area (Å²) in [6.07, 6.45) is 2.61. The summed E-state index contributed by atoms with van der Waals surface area (Å²) in [6, 6.07) is 1.68. The molecule has 1 atom stereocenters. The fourth-order valence-corrected chi connectivity index (χ4v) is 3.82. The lowest BCUT2D eigenvalue weighted by Crippen LogP contribution is -2.43. The molecule has 2 amide bonds. The fourth-order valence-electron chi connectivity index (χ4n) is 3.29. The Balaban J connectivity index is 1.88. The molecule has 0 radical (unpaired) electrons. The predicted octanol–water partition coefficient (Wildman–Crippen LogP) is 2.33. The van der Waals surface area contributed by atoms with Crippen LogP contribution in [-0.2, 0) is 9.53 Å². The smallest absolute Gasteiger partial charge is 0.286 e. The van der Waals surface area contributed by atoms with Gasteiger partial charge in [-0.2, -0.15) is 0 Å². The van der Waals surface area contributed by atoms with Gasteiger partial charge in [0.05, 0.1) is 24.7 Å². The lowest BCUT2D eigenvalue weighted by Gasteiger charge is -2.24. The standard InChI is InChI=1S/C19H22N4O7S/c1-28-7-8-30-16-11-14(23(26)27)12(10-15(16)29-2)18(25)22-6-3-4-13(22)17(24)21-19-20-5-9-31-19/h5,9-11,13H,3-4,6-8H2,1-2H3,(H,20,21,24). The maximum Gasteiger partial charge on any atom is 0.286 e. The van der Waals surface area contributed by atoms with Gasteiger partial charge in [0, 0.05) is 31.3 Å². The highest BCUT2D eigenvalue weighted by Gasteiger charge is 2.38. The zero-order chi connectivity index (χ0) is 22.4. The van der Waals surface area contributed by atoms with E-state index in [9.17, 15) is 19.7 Å². The third-order valence-corrected chi connectivity index (χ3v) is 5.42. The van der Waals surface area contributed by atoms with Gasteiger partial charge in [0.2, 0.25) is 5.91 Å². The number of thiazole rings is 1. The lowest BCUT2D eigenvalue weighted by molar-refractivity contribution is -0.385. The normalized spacial score (nSPS) is 15.5. The van der Waals surface area contributed by atoms with E-state index >= 15 is 0 Å². The average molecular weight is 450 g/mol. The first kappa shape index (κ1) is 22.4. The largest absolute Gasteiger partial charge is 0.493 e. The minimum Gasteiger partial charge on any atom is -0.493 e. The first-order valence-electron chi connectivity index (χ1n) is 9.45. The van der Waals surface area contributed by atoms with Gasteiger partial charge in [-0.05, 0) is 12.8 Å². The average Bonchev–Trinajstić information content (AvgIpc) is 3.45. The number of ether oxygens (including phenoxy) is 3. The minimum atomic E-state index is -0.750. The maximum absolute atomic E-state index is 13.2. The van der Waals surface area contributed by atoms with Crippen molar-refractivity contribution >= 4 is 34.0 Å². The van der Waals surface area contributed by atoms with Crippen LogP contribution in [-0.4, -0.2) is 66.6 Å². The predicted molar refractivity (Wildman–Crippen MR) is 112 cm³/mol. The molecule has 11 nitrogen and oxygen atoms in total. The number of hydrogen-bond donors (Lipinski definition) is 1. The Kier molecular flexibility index (Phi) is 7.36. The summed E-state index contributed by atoms with van der Waals surface area (Å²) in [6.45, 7) is 0.740. The van der Waals surface area contributed by atoms with Crippen LogP contribution in [0.3, 0.4) is 0 Å². The molecule has 31 heavy (non-hydrogen) atoms. The monoisotopic (exact) mass is 450 g/mol. The number of benzene rings is 1. The molecule has 0 spiro atoms. The van der Waals surface area contributed by atoms with Gasteiger partial charge in [-0.3, -0.25) is 19.7 Å². The number of carbonyl (C=O) groups is 2. The number of nitrogens with one attached hydrogen (secondary N) is 1. The van der Waals surface area contributed by atoms with Crippen LogP contribution in [0, 0.1) is 10.1 Å². The van der Waals surface area contributed by atoms with Crippen LogP contribution in [0.4, 0.5) is 10.8 Å². The number of nitro benzene ring substituents is 1. The summed E-state index contributed by atoms with van der Waals surface area (Å²) in [5.41, 5.74) is -0.598. The Labute approximate surface area is 182 Å². The Hall–Kier alpha value is -3.25. The summed E-state index contributed by atoms with van der Waals surface area (Å²) < 4.78 is 15.7. The van der Waals surface area contributed by atoms with Crippen molar-refractivity contribution < 1.29 is 28.7 Å². The topological polar surface area (TPSA) is 133 Å². The molecule has 0 aliphatic carbocycles. The third kappa shape index (κ3) is 5.09. The highest BCUT2D eigenvalue weighted by atomic mass is 32.1. The number of nitro groups is 1. The molecular weight excluding hydrogens is 428 g/mol. The van der Waals surface area contributed by atoms with Crippen molar-refractivity contribution in [3.63, 3.8) is 0 Å². The molecule has 1 aromatic carbocycles. The molecule has 1 fully saturated rings. The number of carbonyl (C=O) groups excluding carboxylic acids is 2. The number of amides is 2. The highest BCUT2D eigenvalue weighted by Crippen LogP contribution is 2.36. The van der Waals surface area contributed by atoms with Gasteiger partial charge in [0.15, 0.2) is 16.6 Å². The number of likely N-dealkylation sites (tertiary alicyclic amines) is 1. The SMILES string of the molecule is COCCOc1cc([N+](=O)[O-])c(C(=O)N2CCCC2C(=O)Nc2nccs2)cc1OC. The second-order valence-corrected chi connectivity index (χ2v) is 7.50. The zero-order valence-corrected chi connectivity index (χ0v) is 17.8. The molecule has 166 valence electrons. The molecule has 2 aromatic rings. The van der Waals surface area contributed by atoms with E-state index in [1.165, 1.54) is 36.5 Å². The first-order chi connectivity index (χ1) is 15.0. The summed E-state index contributed by atoms with van der Waals surface area (Å²) >= 11 is 1.26. The second-order valence-electron chi connectivity index (χ2n) is 6.60. The summed E-state index contributed by atoms with van der Waals surface area (Å²) in [7, 11) is 2.88. The van der Waals surface area contributed by atoms with E-state index < -0.39 is 22.6 Å². The van der Waals surface area contributed by atoms with Crippen molar-refractivity contribution in [1.82, 2.24) is 9.88 Å². The van der Waals surface area contributed by atoms with E-state index in [0.717, 1.165) is 6.07 Å². The molecule has 1 N–H and O–H groups in total. The van der Waals surface area contributed by atoms with E-state index in [1.807, 2.05) is 0 Å². The van der Waals surface area contributed by atoms with Gasteiger partial charge in [0.25, 0.3) is 11.6 Å². The van der Waals surface area contributed by atoms with E-state index in [0.29, 0.717) is 24.5 Å². The Morgan fingerprint density at radius 2 is 2.13 bits per heavy atom. The van der Waals surface area contributed by atoms with Crippen LogP contribution in [0.2, 0.25) is 0 Å². The van der Waals surface area contributed by atoms with E-state index in [4.69, 9.17) is 14.2 Å². The van der Waals surface area contributed by atoms with Crippen LogP contribution in [0.1, 0.15) is 23.2 Å². The molecule has 1 aliphatic rings. The van der Waals surface area contributed by atoms with E-state index in [2.05, 4.69) is 10.3 Å². The number of anilines is 1. The Bertz CT molecular complexity index is 951. The molecular formula is C19H22N4O7S. The van der Waals surface area contributed by atoms with Crippen molar-refractivity contribution in [2.45, 2.75) is 18.9 Å². The summed E-state index contributed by atoms with van der Waals surface area (Å²) in [5.74, 6) is -0.699. The van der Waals surface area contributed by atoms with Gasteiger partial charge in [-0.1, -0.05) is 0 Å². The fraction of sp³-hybridized carbons (Fsp3) is 0.421. The van der Waals surface area contributed by atoms with E-state index in [1.54, 1.807) is 11.6 Å². The van der Waals surface area contributed by atoms with Gasteiger partial charge in [-0.25, -0.2) is 4.98 Å². The van der Waals surface area contributed by atoms with Crippen LogP contribution in [0.5, 0.6) is 11.5 Å². The first-order valence-corrected chi connectivity index (χ1v) is 10.3. The van der Waals surface area contributed by atoms with Crippen LogP contribution in [0.25, 0.3) is 0 Å². The van der Waals surface area contributed by atoms with Crippen molar-refractivity contribution in [2.24, 2.45) is 0 Å². The Morgan fingerprint density at radius 3 is 2.77 bits per heavy atom. The van der Waals surface area contributed by atoms with Crippen molar-refractivity contribution in [3.8, 4) is 11.5 Å². The Morgan fingerprint density at radius 1 is 1.32 bits per heavy atom. The van der Waals surface area contributed by atoms with Crippen LogP contribution >= 0.6 is 11.3 Å². The molecule has 0 saturated carbocycles. The van der Waals surface area contributed by atoms with Gasteiger partial charge >= 0.3 is 0 Å². The lowest BCUT2D eigenvalue weighted by atomic mass is 10.1. The van der Waals surface area contributed by atoms with Crippen molar-refractivity contribution in [2.75, 3.05) is 39.3 Å². The van der Waals surface area contributed by atoms with Crippen LogP contribution < -0.4 is 14.8 Å². The number of hydrogen-bond acceptors (Lipinski definition) is 9. The second kappa shape index (κ2) is 10.2. The zero-order valence-electron chi connectivity index (χ0n) is 17.0. The van der Waals surface area contributed by atoms with E-state index in [-0.39, 0.29) is 36.2 Å². The van der Waals surface area contributed by atoms with Gasteiger partial charge in [-0.15, -0.1) is 11.3 Å². The molecule has 1 unspecified atom stereocenters. The maximum atomic E-state index is 13.2. The van der Waals surface area contributed by atoms with Crippen LogP contribution in [0.15, 0.2) is 23.7 Å². The molecule has 1 aliphatic heterocycles. The molecule has 1 saturated heterocycles. The van der Waals surface area contributed by atoms with Crippen molar-refractivity contribution in [3.05, 3.63) is 39.4 Å². The molecule has 12 heteroatoms.